The summed E-state index contributed by atoms with van der Waals surface area (Å²) in [6, 6.07) is 4.27. The minimum Gasteiger partial charge on any atom is -0.408 e. The van der Waals surface area contributed by atoms with E-state index in [1.54, 1.807) is 6.07 Å². The maximum absolute atomic E-state index is 12.8. The Morgan fingerprint density at radius 1 is 1.25 bits per heavy atom. The molecule has 0 atom stereocenters. The van der Waals surface area contributed by atoms with Gasteiger partial charge in [0.2, 0.25) is 0 Å². The first kappa shape index (κ1) is 14.4. The van der Waals surface area contributed by atoms with Gasteiger partial charge < -0.3 is 9.32 Å². The Morgan fingerprint density at radius 2 is 1.90 bits per heavy atom. The van der Waals surface area contributed by atoms with Crippen molar-refractivity contribution in [3.8, 4) is 0 Å². The Balaban J connectivity index is 2.68. The number of rotatable bonds is 3. The van der Waals surface area contributed by atoms with Gasteiger partial charge in [-0.25, -0.2) is 4.79 Å². The van der Waals surface area contributed by atoms with E-state index in [0.29, 0.717) is 18.8 Å². The van der Waals surface area contributed by atoms with Crippen molar-refractivity contribution in [3.63, 3.8) is 0 Å². The largest absolute Gasteiger partial charge is 0.439 e. The zero-order chi connectivity index (χ0) is 14.9. The van der Waals surface area contributed by atoms with Crippen molar-refractivity contribution in [1.82, 2.24) is 4.98 Å². The molecule has 0 saturated carbocycles. The molecule has 1 heterocycles. The number of halogens is 3. The molecule has 1 aromatic carbocycles. The summed E-state index contributed by atoms with van der Waals surface area (Å²) in [6.45, 7) is 5.25. The summed E-state index contributed by atoms with van der Waals surface area (Å²) in [4.78, 5) is 16.0. The molecule has 0 bridgehead atoms. The van der Waals surface area contributed by atoms with Crippen molar-refractivity contribution in [2.75, 3.05) is 18.0 Å². The molecule has 0 amide bonds. The summed E-state index contributed by atoms with van der Waals surface area (Å²) in [5, 5.41) is -0.215. The fourth-order valence-electron chi connectivity index (χ4n) is 2.06. The second-order valence-corrected chi connectivity index (χ2v) is 4.18. The number of nitrogens with zero attached hydrogens (tertiary/aromatic N) is 2. The highest BCUT2D eigenvalue weighted by Gasteiger charge is 2.35. The third-order valence-electron chi connectivity index (χ3n) is 3.02. The summed E-state index contributed by atoms with van der Waals surface area (Å²) < 4.78 is 43.3. The SMILES string of the molecule is CCN(CC)c1ccc2c(C(F)(F)F)nc(=O)oc2c1. The lowest BCUT2D eigenvalue weighted by atomic mass is 10.1. The van der Waals surface area contributed by atoms with Gasteiger partial charge in [-0.3, -0.25) is 0 Å². The van der Waals surface area contributed by atoms with Crippen LogP contribution in [-0.2, 0) is 6.18 Å². The second kappa shape index (κ2) is 5.15. The highest BCUT2D eigenvalue weighted by Crippen LogP contribution is 2.33. The minimum atomic E-state index is -4.69. The zero-order valence-electron chi connectivity index (χ0n) is 11.0. The quantitative estimate of drug-likeness (QED) is 0.870. The maximum atomic E-state index is 12.8. The van der Waals surface area contributed by atoms with Gasteiger partial charge in [0.1, 0.15) is 5.58 Å². The smallest absolute Gasteiger partial charge is 0.408 e. The van der Waals surface area contributed by atoms with E-state index in [-0.39, 0.29) is 11.0 Å². The predicted molar refractivity (Wildman–Crippen MR) is 68.8 cm³/mol. The number of aromatic nitrogens is 1. The molecule has 0 saturated heterocycles. The monoisotopic (exact) mass is 286 g/mol. The maximum Gasteiger partial charge on any atom is 0.439 e. The molecule has 2 aromatic rings. The van der Waals surface area contributed by atoms with Crippen molar-refractivity contribution in [2.45, 2.75) is 20.0 Å². The van der Waals surface area contributed by atoms with Crippen LogP contribution in [0.15, 0.2) is 27.4 Å². The van der Waals surface area contributed by atoms with Crippen molar-refractivity contribution >= 4 is 16.7 Å². The molecule has 0 aliphatic heterocycles. The molecule has 20 heavy (non-hydrogen) atoms. The van der Waals surface area contributed by atoms with Crippen LogP contribution in [-0.4, -0.2) is 18.1 Å². The van der Waals surface area contributed by atoms with E-state index in [1.165, 1.54) is 12.1 Å². The Kier molecular flexibility index (Phi) is 3.69. The minimum absolute atomic E-state index is 0.110. The van der Waals surface area contributed by atoms with E-state index in [1.807, 2.05) is 18.7 Å². The predicted octanol–water partition coefficient (Wildman–Crippen LogP) is 3.05. The fourth-order valence-corrected chi connectivity index (χ4v) is 2.06. The van der Waals surface area contributed by atoms with E-state index in [9.17, 15) is 18.0 Å². The molecule has 0 unspecified atom stereocenters. The lowest BCUT2D eigenvalue weighted by molar-refractivity contribution is -0.140. The van der Waals surface area contributed by atoms with E-state index in [4.69, 9.17) is 4.42 Å². The summed E-state index contributed by atoms with van der Waals surface area (Å²) in [5.74, 6) is -1.25. The van der Waals surface area contributed by atoms with Gasteiger partial charge in [-0.15, -0.1) is 0 Å². The molecule has 0 aliphatic rings. The fraction of sp³-hybridized carbons (Fsp3) is 0.385. The number of benzene rings is 1. The van der Waals surface area contributed by atoms with Crippen LogP contribution in [0.3, 0.4) is 0 Å². The van der Waals surface area contributed by atoms with Crippen molar-refractivity contribution in [2.24, 2.45) is 0 Å². The van der Waals surface area contributed by atoms with Gasteiger partial charge in [-0.2, -0.15) is 18.2 Å². The Hall–Kier alpha value is -2.05. The van der Waals surface area contributed by atoms with Gasteiger partial charge in [0, 0.05) is 30.2 Å². The van der Waals surface area contributed by atoms with Gasteiger partial charge in [0.05, 0.1) is 0 Å². The molecule has 7 heteroatoms. The number of hydrogen-bond acceptors (Lipinski definition) is 4. The van der Waals surface area contributed by atoms with E-state index in [2.05, 4.69) is 4.98 Å². The van der Waals surface area contributed by atoms with Crippen LogP contribution >= 0.6 is 0 Å². The van der Waals surface area contributed by atoms with Crippen LogP contribution in [0.25, 0.3) is 11.0 Å². The first-order valence-corrected chi connectivity index (χ1v) is 6.13. The lowest BCUT2D eigenvalue weighted by Gasteiger charge is -2.21. The molecule has 0 N–H and O–H groups in total. The van der Waals surface area contributed by atoms with Crippen molar-refractivity contribution in [1.29, 1.82) is 0 Å². The second-order valence-electron chi connectivity index (χ2n) is 4.18. The van der Waals surface area contributed by atoms with Gasteiger partial charge >= 0.3 is 11.9 Å². The normalized spacial score (nSPS) is 11.8. The van der Waals surface area contributed by atoms with Crippen LogP contribution < -0.4 is 10.7 Å². The van der Waals surface area contributed by atoms with Crippen LogP contribution in [0.5, 0.6) is 0 Å². The average molecular weight is 286 g/mol. The molecular formula is C13H13F3N2O2. The summed E-state index contributed by atoms with van der Waals surface area (Å²) in [7, 11) is 0. The number of hydrogen-bond donors (Lipinski definition) is 0. The summed E-state index contributed by atoms with van der Waals surface area (Å²) >= 11 is 0. The molecule has 0 aliphatic carbocycles. The third kappa shape index (κ3) is 2.61. The molecule has 0 fully saturated rings. The van der Waals surface area contributed by atoms with Crippen LogP contribution in [0.1, 0.15) is 19.5 Å². The number of anilines is 1. The zero-order valence-corrected chi connectivity index (χ0v) is 11.0. The van der Waals surface area contributed by atoms with E-state index >= 15 is 0 Å². The van der Waals surface area contributed by atoms with E-state index < -0.39 is 17.6 Å². The molecule has 4 nitrogen and oxygen atoms in total. The molecule has 108 valence electrons. The lowest BCUT2D eigenvalue weighted by Crippen LogP contribution is -2.22. The Bertz CT molecular complexity index is 675. The number of fused-ring (bicyclic) bond motifs is 1. The topological polar surface area (TPSA) is 46.3 Å². The summed E-state index contributed by atoms with van der Waals surface area (Å²) in [6.07, 6.45) is -4.69. The highest BCUT2D eigenvalue weighted by molar-refractivity contribution is 5.83. The van der Waals surface area contributed by atoms with Gasteiger partial charge in [-0.05, 0) is 26.0 Å². The first-order chi connectivity index (χ1) is 9.36. The molecule has 1 aromatic heterocycles. The molecule has 2 rings (SSSR count). The van der Waals surface area contributed by atoms with Crippen LogP contribution in [0.4, 0.5) is 18.9 Å². The van der Waals surface area contributed by atoms with Gasteiger partial charge in [0.15, 0.2) is 5.69 Å². The molecule has 0 spiro atoms. The van der Waals surface area contributed by atoms with Crippen LogP contribution in [0, 0.1) is 0 Å². The highest BCUT2D eigenvalue weighted by atomic mass is 19.4. The van der Waals surface area contributed by atoms with Gasteiger partial charge in [0.25, 0.3) is 0 Å². The average Bonchev–Trinajstić information content (AvgIpc) is 2.37. The number of alkyl halides is 3. The summed E-state index contributed by atoms with van der Waals surface area (Å²) in [5.41, 5.74) is -0.624. The molecule has 0 radical (unpaired) electrons. The van der Waals surface area contributed by atoms with Crippen LogP contribution in [0.2, 0.25) is 0 Å². The van der Waals surface area contributed by atoms with Crippen molar-refractivity contribution in [3.05, 3.63) is 34.4 Å². The standard InChI is InChI=1S/C13H13F3N2O2/c1-3-18(4-2)8-5-6-9-10(7-8)20-12(19)17-11(9)13(14,15)16/h5-7H,3-4H2,1-2H3. The van der Waals surface area contributed by atoms with Gasteiger partial charge in [-0.1, -0.05) is 0 Å². The third-order valence-corrected chi connectivity index (χ3v) is 3.02. The first-order valence-electron chi connectivity index (χ1n) is 6.13. The van der Waals surface area contributed by atoms with Crippen molar-refractivity contribution < 1.29 is 17.6 Å². The van der Waals surface area contributed by atoms with E-state index in [0.717, 1.165) is 0 Å². The Labute approximate surface area is 112 Å². The molecular weight excluding hydrogens is 273 g/mol. The Morgan fingerprint density at radius 3 is 2.45 bits per heavy atom.